The normalized spacial score (nSPS) is 14.5. The van der Waals surface area contributed by atoms with Gasteiger partial charge >= 0.3 is 0 Å². The minimum absolute atomic E-state index is 0.217. The van der Waals surface area contributed by atoms with Crippen molar-refractivity contribution in [2.75, 3.05) is 13.6 Å². The zero-order valence-corrected chi connectivity index (χ0v) is 11.4. The fourth-order valence-electron chi connectivity index (χ4n) is 2.32. The maximum absolute atomic E-state index is 12.8. The zero-order valence-electron chi connectivity index (χ0n) is 11.4. The standard InChI is InChI=1S/C15H22FNO/c1-4-9-15(2,12-18)11-17(3)10-13-5-7-14(16)8-6-13/h5-8,12H,4,9-11H2,1-3H3. The van der Waals surface area contributed by atoms with E-state index in [9.17, 15) is 9.18 Å². The molecule has 0 amide bonds. The molecule has 1 rings (SSSR count). The van der Waals surface area contributed by atoms with E-state index in [-0.39, 0.29) is 11.2 Å². The lowest BCUT2D eigenvalue weighted by molar-refractivity contribution is -0.116. The average molecular weight is 251 g/mol. The van der Waals surface area contributed by atoms with Gasteiger partial charge in [-0.3, -0.25) is 0 Å². The highest BCUT2D eigenvalue weighted by Gasteiger charge is 2.24. The van der Waals surface area contributed by atoms with Crippen LogP contribution in [0, 0.1) is 11.2 Å². The Bertz CT molecular complexity index is 377. The Kier molecular flexibility index (Phi) is 5.48. The van der Waals surface area contributed by atoms with Gasteiger partial charge in [0.25, 0.3) is 0 Å². The van der Waals surface area contributed by atoms with Crippen molar-refractivity contribution in [1.29, 1.82) is 0 Å². The lowest BCUT2D eigenvalue weighted by Crippen LogP contribution is -2.34. The topological polar surface area (TPSA) is 20.3 Å². The van der Waals surface area contributed by atoms with Crippen molar-refractivity contribution in [2.24, 2.45) is 5.41 Å². The van der Waals surface area contributed by atoms with Crippen LogP contribution < -0.4 is 0 Å². The van der Waals surface area contributed by atoms with Crippen LogP contribution in [0.15, 0.2) is 24.3 Å². The van der Waals surface area contributed by atoms with Gasteiger partial charge in [-0.2, -0.15) is 0 Å². The van der Waals surface area contributed by atoms with Crippen molar-refractivity contribution in [3.05, 3.63) is 35.6 Å². The molecule has 1 aromatic rings. The van der Waals surface area contributed by atoms with Gasteiger partial charge in [-0.1, -0.05) is 32.4 Å². The molecule has 0 fully saturated rings. The second-order valence-corrected chi connectivity index (χ2v) is 5.32. The first kappa shape index (κ1) is 14.8. The summed E-state index contributed by atoms with van der Waals surface area (Å²) in [6, 6.07) is 6.50. The quantitative estimate of drug-likeness (QED) is 0.693. The van der Waals surface area contributed by atoms with Gasteiger partial charge in [0.15, 0.2) is 0 Å². The Hall–Kier alpha value is -1.22. The monoisotopic (exact) mass is 251 g/mol. The Morgan fingerprint density at radius 3 is 2.44 bits per heavy atom. The van der Waals surface area contributed by atoms with Crippen molar-refractivity contribution >= 4 is 6.29 Å². The maximum atomic E-state index is 12.8. The number of halogens is 1. The molecule has 2 nitrogen and oxygen atoms in total. The van der Waals surface area contributed by atoms with Crippen LogP contribution in [0.2, 0.25) is 0 Å². The molecule has 100 valence electrons. The third-order valence-electron chi connectivity index (χ3n) is 3.10. The van der Waals surface area contributed by atoms with Crippen molar-refractivity contribution in [2.45, 2.75) is 33.2 Å². The predicted octanol–water partition coefficient (Wildman–Crippen LogP) is 3.26. The van der Waals surface area contributed by atoms with Crippen molar-refractivity contribution in [3.8, 4) is 0 Å². The van der Waals surface area contributed by atoms with Crippen LogP contribution in [-0.2, 0) is 11.3 Å². The van der Waals surface area contributed by atoms with E-state index in [1.807, 2.05) is 14.0 Å². The molecule has 0 spiro atoms. The second-order valence-electron chi connectivity index (χ2n) is 5.32. The molecule has 0 saturated heterocycles. The molecule has 1 aromatic carbocycles. The number of rotatable bonds is 7. The number of nitrogens with zero attached hydrogens (tertiary/aromatic N) is 1. The lowest BCUT2D eigenvalue weighted by Gasteiger charge is -2.28. The van der Waals surface area contributed by atoms with Gasteiger partial charge in [-0.25, -0.2) is 4.39 Å². The van der Waals surface area contributed by atoms with E-state index in [2.05, 4.69) is 11.8 Å². The number of hydrogen-bond donors (Lipinski definition) is 0. The van der Waals surface area contributed by atoms with Crippen molar-refractivity contribution in [3.63, 3.8) is 0 Å². The summed E-state index contributed by atoms with van der Waals surface area (Å²) in [5, 5.41) is 0. The molecule has 0 N–H and O–H groups in total. The molecule has 3 heteroatoms. The van der Waals surface area contributed by atoms with E-state index >= 15 is 0 Å². The van der Waals surface area contributed by atoms with E-state index in [0.29, 0.717) is 0 Å². The largest absolute Gasteiger partial charge is 0.303 e. The molecule has 18 heavy (non-hydrogen) atoms. The molecule has 0 heterocycles. The van der Waals surface area contributed by atoms with Gasteiger partial charge in [0.05, 0.1) is 0 Å². The maximum Gasteiger partial charge on any atom is 0.127 e. The lowest BCUT2D eigenvalue weighted by atomic mass is 9.87. The SMILES string of the molecule is CCCC(C)(C=O)CN(C)Cc1ccc(F)cc1. The van der Waals surface area contributed by atoms with Crippen molar-refractivity contribution in [1.82, 2.24) is 4.90 Å². The number of hydrogen-bond acceptors (Lipinski definition) is 2. The van der Waals surface area contributed by atoms with Crippen LogP contribution in [0.1, 0.15) is 32.3 Å². The van der Waals surface area contributed by atoms with E-state index in [4.69, 9.17) is 0 Å². The third kappa shape index (κ3) is 4.57. The summed E-state index contributed by atoms with van der Waals surface area (Å²) in [4.78, 5) is 13.3. The van der Waals surface area contributed by atoms with E-state index in [1.165, 1.54) is 12.1 Å². The van der Waals surface area contributed by atoms with Crippen LogP contribution >= 0.6 is 0 Å². The first-order valence-electron chi connectivity index (χ1n) is 6.38. The van der Waals surface area contributed by atoms with Crippen LogP contribution in [0.4, 0.5) is 4.39 Å². The highest BCUT2D eigenvalue weighted by Crippen LogP contribution is 2.22. The van der Waals surface area contributed by atoms with Gasteiger partial charge < -0.3 is 9.69 Å². The zero-order chi connectivity index (χ0) is 13.6. The molecule has 0 aliphatic heterocycles. The molecule has 0 aliphatic carbocycles. The van der Waals surface area contributed by atoms with E-state index in [0.717, 1.165) is 37.8 Å². The molecule has 1 unspecified atom stereocenters. The Labute approximate surface area is 109 Å². The fourth-order valence-corrected chi connectivity index (χ4v) is 2.32. The van der Waals surface area contributed by atoms with Gasteiger partial charge in [0.2, 0.25) is 0 Å². The van der Waals surface area contributed by atoms with Gasteiger partial charge in [-0.15, -0.1) is 0 Å². The van der Waals surface area contributed by atoms with E-state index < -0.39 is 0 Å². The van der Waals surface area contributed by atoms with Gasteiger partial charge in [-0.05, 0) is 31.2 Å². The minimum atomic E-state index is -0.288. The fraction of sp³-hybridized carbons (Fsp3) is 0.533. The molecule has 0 aliphatic rings. The van der Waals surface area contributed by atoms with Gasteiger partial charge in [0.1, 0.15) is 12.1 Å². The first-order chi connectivity index (χ1) is 8.49. The van der Waals surface area contributed by atoms with Crippen molar-refractivity contribution < 1.29 is 9.18 Å². The van der Waals surface area contributed by atoms with Crippen LogP contribution in [0.25, 0.3) is 0 Å². The molecular weight excluding hydrogens is 229 g/mol. The molecular formula is C15H22FNO. The summed E-state index contributed by atoms with van der Waals surface area (Å²) < 4.78 is 12.8. The Morgan fingerprint density at radius 2 is 1.94 bits per heavy atom. The summed E-state index contributed by atoms with van der Waals surface area (Å²) in [5.41, 5.74) is 0.771. The summed E-state index contributed by atoms with van der Waals surface area (Å²) in [6.45, 7) is 5.53. The predicted molar refractivity (Wildman–Crippen MR) is 71.8 cm³/mol. The Balaban J connectivity index is 2.57. The summed E-state index contributed by atoms with van der Waals surface area (Å²) >= 11 is 0. The van der Waals surface area contributed by atoms with E-state index in [1.54, 1.807) is 12.1 Å². The highest BCUT2D eigenvalue weighted by atomic mass is 19.1. The molecule has 0 radical (unpaired) electrons. The van der Waals surface area contributed by atoms with Crippen LogP contribution in [0.3, 0.4) is 0 Å². The summed E-state index contributed by atoms with van der Waals surface area (Å²) in [6.07, 6.45) is 2.95. The smallest absolute Gasteiger partial charge is 0.127 e. The van der Waals surface area contributed by atoms with Gasteiger partial charge in [0, 0.05) is 18.5 Å². The van der Waals surface area contributed by atoms with Crippen LogP contribution in [-0.4, -0.2) is 24.8 Å². The Morgan fingerprint density at radius 1 is 1.33 bits per heavy atom. The number of carbonyl (C=O) groups is 1. The first-order valence-corrected chi connectivity index (χ1v) is 6.38. The molecule has 0 aromatic heterocycles. The minimum Gasteiger partial charge on any atom is -0.303 e. The number of benzene rings is 1. The highest BCUT2D eigenvalue weighted by molar-refractivity contribution is 5.58. The summed E-state index contributed by atoms with van der Waals surface area (Å²) in [7, 11) is 1.99. The number of aldehydes is 1. The summed E-state index contributed by atoms with van der Waals surface area (Å²) in [5.74, 6) is -0.217. The molecule has 0 saturated carbocycles. The second kappa shape index (κ2) is 6.64. The molecule has 1 atom stereocenters. The van der Waals surface area contributed by atoms with Crippen LogP contribution in [0.5, 0.6) is 0 Å². The molecule has 0 bridgehead atoms. The number of carbonyl (C=O) groups excluding carboxylic acids is 1. The third-order valence-corrected chi connectivity index (χ3v) is 3.10. The average Bonchev–Trinajstić information content (AvgIpc) is 2.32.